The van der Waals surface area contributed by atoms with Crippen molar-refractivity contribution in [1.82, 2.24) is 9.55 Å². The second kappa shape index (κ2) is 7.30. The second-order valence-electron chi connectivity index (χ2n) is 6.83. The molecule has 1 N–H and O–H groups in total. The van der Waals surface area contributed by atoms with Gasteiger partial charge < -0.3 is 14.3 Å². The molecule has 0 saturated heterocycles. The van der Waals surface area contributed by atoms with Crippen molar-refractivity contribution < 1.29 is 17.5 Å². The SMILES string of the molecule is Cn1cc(-c2cc(S(C)(=O)=O)ccc2Oc2ccc(Cl)c(F)c2)c2cc[nH]c2c1=O. The van der Waals surface area contributed by atoms with E-state index in [-0.39, 0.29) is 21.2 Å². The molecule has 0 spiro atoms. The van der Waals surface area contributed by atoms with E-state index in [2.05, 4.69) is 4.98 Å². The van der Waals surface area contributed by atoms with Gasteiger partial charge in [-0.15, -0.1) is 0 Å². The summed E-state index contributed by atoms with van der Waals surface area (Å²) >= 11 is 5.73. The third kappa shape index (κ3) is 3.59. The Kier molecular flexibility index (Phi) is 4.91. The molecule has 2 aromatic heterocycles. The average molecular weight is 447 g/mol. The minimum absolute atomic E-state index is 0.0397. The summed E-state index contributed by atoms with van der Waals surface area (Å²) in [6, 6.07) is 10.1. The summed E-state index contributed by atoms with van der Waals surface area (Å²) in [4.78, 5) is 15.4. The van der Waals surface area contributed by atoms with E-state index in [0.717, 1.165) is 12.3 Å². The van der Waals surface area contributed by atoms with Crippen molar-refractivity contribution in [3.05, 3.63) is 76.1 Å². The van der Waals surface area contributed by atoms with Gasteiger partial charge in [0.25, 0.3) is 5.56 Å². The number of fused-ring (bicyclic) bond motifs is 1. The number of halogens is 2. The van der Waals surface area contributed by atoms with E-state index in [1.54, 1.807) is 25.5 Å². The van der Waals surface area contributed by atoms with Gasteiger partial charge in [0.1, 0.15) is 22.8 Å². The molecule has 6 nitrogen and oxygen atoms in total. The van der Waals surface area contributed by atoms with Gasteiger partial charge >= 0.3 is 0 Å². The smallest absolute Gasteiger partial charge is 0.274 e. The van der Waals surface area contributed by atoms with Gasteiger partial charge in [-0.25, -0.2) is 12.8 Å². The predicted molar refractivity (Wildman–Crippen MR) is 114 cm³/mol. The van der Waals surface area contributed by atoms with Crippen LogP contribution in [-0.2, 0) is 16.9 Å². The number of nitrogens with zero attached hydrogens (tertiary/aromatic N) is 1. The standard InChI is InChI=1S/C21H16ClFN2O4S/c1-25-11-16(14-7-8-24-20(14)21(25)26)15-10-13(30(2,27)28)4-6-19(15)29-12-3-5-17(22)18(23)9-12/h3-11,24H,1-2H3. The molecule has 0 atom stereocenters. The largest absolute Gasteiger partial charge is 0.457 e. The van der Waals surface area contributed by atoms with Gasteiger partial charge in [-0.05, 0) is 36.4 Å². The number of sulfone groups is 1. The second-order valence-corrected chi connectivity index (χ2v) is 9.26. The van der Waals surface area contributed by atoms with Crippen LogP contribution in [0.5, 0.6) is 11.5 Å². The molecular formula is C21H16ClFN2O4S. The van der Waals surface area contributed by atoms with E-state index in [0.29, 0.717) is 27.8 Å². The Hall–Kier alpha value is -3.10. The number of hydrogen-bond acceptors (Lipinski definition) is 4. The number of aromatic nitrogens is 2. The normalized spacial score (nSPS) is 11.7. The van der Waals surface area contributed by atoms with Crippen LogP contribution in [0, 0.1) is 5.82 Å². The Morgan fingerprint density at radius 1 is 1.10 bits per heavy atom. The molecule has 30 heavy (non-hydrogen) atoms. The Balaban J connectivity index is 1.97. The number of nitrogens with one attached hydrogen (secondary N) is 1. The highest BCUT2D eigenvalue weighted by Crippen LogP contribution is 2.38. The van der Waals surface area contributed by atoms with Crippen LogP contribution in [0.4, 0.5) is 4.39 Å². The van der Waals surface area contributed by atoms with Gasteiger partial charge in [0.2, 0.25) is 0 Å². The summed E-state index contributed by atoms with van der Waals surface area (Å²) in [5.41, 5.74) is 1.18. The van der Waals surface area contributed by atoms with Gasteiger partial charge in [0.15, 0.2) is 9.84 Å². The maximum Gasteiger partial charge on any atom is 0.274 e. The maximum absolute atomic E-state index is 13.9. The van der Waals surface area contributed by atoms with Gasteiger partial charge in [-0.3, -0.25) is 4.79 Å². The summed E-state index contributed by atoms with van der Waals surface area (Å²) in [6.07, 6.45) is 4.34. The fraction of sp³-hybridized carbons (Fsp3) is 0.0952. The summed E-state index contributed by atoms with van der Waals surface area (Å²) in [5, 5.41) is 0.568. The Labute approximate surface area is 176 Å². The number of benzene rings is 2. The minimum Gasteiger partial charge on any atom is -0.457 e. The van der Waals surface area contributed by atoms with E-state index in [4.69, 9.17) is 16.3 Å². The van der Waals surface area contributed by atoms with Crippen LogP contribution in [0.2, 0.25) is 5.02 Å². The lowest BCUT2D eigenvalue weighted by Crippen LogP contribution is -2.16. The molecule has 0 amide bonds. The lowest BCUT2D eigenvalue weighted by molar-refractivity contribution is 0.478. The van der Waals surface area contributed by atoms with Crippen molar-refractivity contribution in [3.8, 4) is 22.6 Å². The van der Waals surface area contributed by atoms with Gasteiger partial charge in [-0.2, -0.15) is 0 Å². The van der Waals surface area contributed by atoms with E-state index in [9.17, 15) is 17.6 Å². The van der Waals surface area contributed by atoms with Crippen LogP contribution < -0.4 is 10.3 Å². The van der Waals surface area contributed by atoms with Crippen LogP contribution in [-0.4, -0.2) is 24.2 Å². The van der Waals surface area contributed by atoms with Crippen LogP contribution in [0.25, 0.3) is 22.0 Å². The first-order chi connectivity index (χ1) is 14.1. The van der Waals surface area contributed by atoms with E-state index < -0.39 is 15.7 Å². The zero-order valence-corrected chi connectivity index (χ0v) is 17.5. The van der Waals surface area contributed by atoms with E-state index in [1.807, 2.05) is 0 Å². The van der Waals surface area contributed by atoms with Crippen molar-refractivity contribution in [1.29, 1.82) is 0 Å². The first-order valence-electron chi connectivity index (χ1n) is 8.79. The minimum atomic E-state index is -3.50. The number of rotatable bonds is 4. The van der Waals surface area contributed by atoms with Gasteiger partial charge in [0, 0.05) is 48.3 Å². The number of H-pyrrole nitrogens is 1. The first kappa shape index (κ1) is 20.2. The van der Waals surface area contributed by atoms with Crippen LogP contribution in [0.1, 0.15) is 0 Å². The van der Waals surface area contributed by atoms with Gasteiger partial charge in [-0.1, -0.05) is 11.6 Å². The first-order valence-corrected chi connectivity index (χ1v) is 11.1. The summed E-state index contributed by atoms with van der Waals surface area (Å²) in [6.45, 7) is 0. The summed E-state index contributed by atoms with van der Waals surface area (Å²) in [5.74, 6) is -0.149. The highest BCUT2D eigenvalue weighted by molar-refractivity contribution is 7.90. The lowest BCUT2D eigenvalue weighted by atomic mass is 10.0. The molecule has 0 aliphatic rings. The van der Waals surface area contributed by atoms with Crippen LogP contribution >= 0.6 is 11.6 Å². The van der Waals surface area contributed by atoms with E-state index in [1.165, 1.54) is 34.9 Å². The number of hydrogen-bond donors (Lipinski definition) is 1. The molecule has 0 unspecified atom stereocenters. The molecule has 9 heteroatoms. The molecule has 0 aliphatic carbocycles. The highest BCUT2D eigenvalue weighted by atomic mass is 35.5. The van der Waals surface area contributed by atoms with Crippen molar-refractivity contribution >= 4 is 32.3 Å². The Morgan fingerprint density at radius 3 is 2.57 bits per heavy atom. The molecule has 2 aromatic carbocycles. The maximum atomic E-state index is 13.9. The fourth-order valence-electron chi connectivity index (χ4n) is 3.19. The number of aryl methyl sites for hydroxylation is 1. The molecule has 0 radical (unpaired) electrons. The third-order valence-corrected chi connectivity index (χ3v) is 6.10. The fourth-order valence-corrected chi connectivity index (χ4v) is 3.95. The van der Waals surface area contributed by atoms with Crippen molar-refractivity contribution in [3.63, 3.8) is 0 Å². The Bertz CT molecular complexity index is 1460. The lowest BCUT2D eigenvalue weighted by Gasteiger charge is -2.15. The molecule has 0 aliphatic heterocycles. The van der Waals surface area contributed by atoms with Crippen molar-refractivity contribution in [2.75, 3.05) is 6.26 Å². The molecule has 4 rings (SSSR count). The molecule has 0 fully saturated rings. The highest BCUT2D eigenvalue weighted by Gasteiger charge is 2.18. The van der Waals surface area contributed by atoms with Crippen LogP contribution in [0.15, 0.2) is 64.5 Å². The van der Waals surface area contributed by atoms with Crippen molar-refractivity contribution in [2.45, 2.75) is 4.90 Å². The molecule has 154 valence electrons. The quantitative estimate of drug-likeness (QED) is 0.499. The topological polar surface area (TPSA) is 81.2 Å². The average Bonchev–Trinajstić information content (AvgIpc) is 3.17. The number of pyridine rings is 1. The summed E-state index contributed by atoms with van der Waals surface area (Å²) in [7, 11) is -1.90. The molecule has 2 heterocycles. The number of ether oxygens (including phenoxy) is 1. The van der Waals surface area contributed by atoms with Crippen molar-refractivity contribution in [2.24, 2.45) is 7.05 Å². The number of aromatic amines is 1. The van der Waals surface area contributed by atoms with Gasteiger partial charge in [0.05, 0.1) is 9.92 Å². The molecule has 0 bridgehead atoms. The zero-order chi connectivity index (χ0) is 21.6. The monoisotopic (exact) mass is 446 g/mol. The predicted octanol–water partition coefficient (Wildman–Crippen LogP) is 4.52. The molecule has 0 saturated carbocycles. The Morgan fingerprint density at radius 2 is 1.87 bits per heavy atom. The van der Waals surface area contributed by atoms with E-state index >= 15 is 0 Å². The van der Waals surface area contributed by atoms with Crippen LogP contribution in [0.3, 0.4) is 0 Å². The molecular weight excluding hydrogens is 431 g/mol. The zero-order valence-electron chi connectivity index (χ0n) is 15.9. The summed E-state index contributed by atoms with van der Waals surface area (Å²) < 4.78 is 45.4. The molecule has 4 aromatic rings. The third-order valence-electron chi connectivity index (χ3n) is 4.68.